The van der Waals surface area contributed by atoms with Crippen molar-refractivity contribution in [2.45, 2.75) is 18.0 Å². The lowest BCUT2D eigenvalue weighted by Gasteiger charge is -2.30. The monoisotopic (exact) mass is 396 g/mol. The second kappa shape index (κ2) is 6.98. The molecule has 3 aromatic carbocycles. The molecule has 0 atom stereocenters. The van der Waals surface area contributed by atoms with Gasteiger partial charge in [0.05, 0.1) is 11.1 Å². The van der Waals surface area contributed by atoms with Crippen molar-refractivity contribution in [2.24, 2.45) is 0 Å². The first kappa shape index (κ1) is 19.9. The Morgan fingerprint density at radius 1 is 0.429 bits per heavy atom. The average molecular weight is 396 g/mol. The summed E-state index contributed by atoms with van der Waals surface area (Å²) < 4.78 is 77.1. The van der Waals surface area contributed by atoms with Crippen LogP contribution in [0.4, 0.5) is 26.3 Å². The van der Waals surface area contributed by atoms with Crippen LogP contribution in [-0.2, 0) is 18.0 Å². The molecule has 1 N–H and O–H groups in total. The van der Waals surface area contributed by atoms with E-state index >= 15 is 0 Å². The zero-order chi connectivity index (χ0) is 20.6. The summed E-state index contributed by atoms with van der Waals surface area (Å²) in [5.74, 6) is 0. The second-order valence-corrected chi connectivity index (χ2v) is 6.23. The molecule has 0 saturated carbocycles. The molecular formula is C21H14F6O. The number of aliphatic hydroxyl groups is 1. The highest BCUT2D eigenvalue weighted by molar-refractivity contribution is 5.48. The van der Waals surface area contributed by atoms with Crippen LogP contribution in [0.25, 0.3) is 0 Å². The fraction of sp³-hybridized carbons (Fsp3) is 0.143. The molecule has 0 spiro atoms. The second-order valence-electron chi connectivity index (χ2n) is 6.23. The summed E-state index contributed by atoms with van der Waals surface area (Å²) in [4.78, 5) is 0. The number of rotatable bonds is 3. The van der Waals surface area contributed by atoms with Crippen molar-refractivity contribution in [3.63, 3.8) is 0 Å². The maximum Gasteiger partial charge on any atom is 0.416 e. The van der Waals surface area contributed by atoms with E-state index in [4.69, 9.17) is 0 Å². The number of hydrogen-bond donors (Lipinski definition) is 1. The fourth-order valence-corrected chi connectivity index (χ4v) is 2.98. The number of hydrogen-bond acceptors (Lipinski definition) is 1. The molecule has 146 valence electrons. The van der Waals surface area contributed by atoms with E-state index in [1.807, 2.05) is 0 Å². The van der Waals surface area contributed by atoms with Gasteiger partial charge >= 0.3 is 12.4 Å². The van der Waals surface area contributed by atoms with Crippen molar-refractivity contribution in [1.29, 1.82) is 0 Å². The lowest BCUT2D eigenvalue weighted by atomic mass is 9.80. The van der Waals surface area contributed by atoms with Crippen molar-refractivity contribution < 1.29 is 31.4 Å². The molecule has 0 saturated heterocycles. The van der Waals surface area contributed by atoms with Crippen LogP contribution >= 0.6 is 0 Å². The average Bonchev–Trinajstić information content (AvgIpc) is 2.67. The zero-order valence-corrected chi connectivity index (χ0v) is 14.2. The van der Waals surface area contributed by atoms with E-state index < -0.39 is 29.1 Å². The molecule has 0 heterocycles. The molecule has 7 heteroatoms. The molecule has 0 amide bonds. The zero-order valence-electron chi connectivity index (χ0n) is 14.2. The van der Waals surface area contributed by atoms with E-state index in [1.165, 1.54) is 0 Å². The van der Waals surface area contributed by atoms with Crippen LogP contribution in [-0.4, -0.2) is 5.11 Å². The van der Waals surface area contributed by atoms with E-state index in [9.17, 15) is 31.4 Å². The van der Waals surface area contributed by atoms with Crippen molar-refractivity contribution in [1.82, 2.24) is 0 Å². The predicted molar refractivity (Wildman–Crippen MR) is 91.4 cm³/mol. The lowest BCUT2D eigenvalue weighted by molar-refractivity contribution is -0.138. The first-order valence-electron chi connectivity index (χ1n) is 8.16. The van der Waals surface area contributed by atoms with Gasteiger partial charge in [-0.2, -0.15) is 26.3 Å². The fourth-order valence-electron chi connectivity index (χ4n) is 2.98. The summed E-state index contributed by atoms with van der Waals surface area (Å²) in [6.45, 7) is 0. The van der Waals surface area contributed by atoms with E-state index in [0.717, 1.165) is 48.5 Å². The Morgan fingerprint density at radius 2 is 0.714 bits per heavy atom. The van der Waals surface area contributed by atoms with Gasteiger partial charge in [-0.1, -0.05) is 54.6 Å². The Bertz CT molecular complexity index is 868. The standard InChI is InChI=1S/C21H14F6O/c22-20(23,24)17-10-6-15(7-11-17)19(28,14-4-2-1-3-5-14)16-8-12-18(13-9-16)21(25,26)27/h1-13,28H. The number of halogens is 6. The van der Waals surface area contributed by atoms with Gasteiger partial charge in [0.1, 0.15) is 5.60 Å². The third-order valence-electron chi connectivity index (χ3n) is 4.45. The third-order valence-corrected chi connectivity index (χ3v) is 4.45. The van der Waals surface area contributed by atoms with Crippen LogP contribution in [0.2, 0.25) is 0 Å². The van der Waals surface area contributed by atoms with Crippen molar-refractivity contribution in [3.8, 4) is 0 Å². The SMILES string of the molecule is OC(c1ccccc1)(c1ccc(C(F)(F)F)cc1)c1ccc(C(F)(F)F)cc1. The van der Waals surface area contributed by atoms with Gasteiger partial charge in [-0.25, -0.2) is 0 Å². The van der Waals surface area contributed by atoms with Crippen LogP contribution in [0.3, 0.4) is 0 Å². The van der Waals surface area contributed by atoms with E-state index in [2.05, 4.69) is 0 Å². The smallest absolute Gasteiger partial charge is 0.376 e. The molecule has 0 radical (unpaired) electrons. The molecule has 0 aromatic heterocycles. The molecule has 3 rings (SSSR count). The number of alkyl halides is 6. The molecule has 3 aromatic rings. The molecule has 0 aliphatic carbocycles. The topological polar surface area (TPSA) is 20.2 Å². The van der Waals surface area contributed by atoms with Gasteiger partial charge in [0, 0.05) is 0 Å². The largest absolute Gasteiger partial charge is 0.416 e. The Balaban J connectivity index is 2.14. The predicted octanol–water partition coefficient (Wildman–Crippen LogP) is 6.01. The van der Waals surface area contributed by atoms with Gasteiger partial charge in [0.2, 0.25) is 0 Å². The van der Waals surface area contributed by atoms with Gasteiger partial charge in [0.25, 0.3) is 0 Å². The Kier molecular flexibility index (Phi) is 4.97. The Labute approximate surface area is 156 Å². The minimum absolute atomic E-state index is 0.103. The molecule has 0 aliphatic heterocycles. The molecule has 0 aliphatic rings. The molecule has 28 heavy (non-hydrogen) atoms. The third kappa shape index (κ3) is 3.75. The molecule has 0 unspecified atom stereocenters. The summed E-state index contributed by atoms with van der Waals surface area (Å²) in [6, 6.07) is 15.8. The molecule has 1 nitrogen and oxygen atoms in total. The van der Waals surface area contributed by atoms with E-state index in [-0.39, 0.29) is 11.1 Å². The Morgan fingerprint density at radius 3 is 1.04 bits per heavy atom. The maximum absolute atomic E-state index is 12.8. The van der Waals surface area contributed by atoms with Crippen molar-refractivity contribution in [2.75, 3.05) is 0 Å². The quantitative estimate of drug-likeness (QED) is 0.425. The highest BCUT2D eigenvalue weighted by Gasteiger charge is 2.37. The van der Waals surface area contributed by atoms with Gasteiger partial charge < -0.3 is 5.11 Å². The van der Waals surface area contributed by atoms with Gasteiger partial charge in [-0.15, -0.1) is 0 Å². The first-order chi connectivity index (χ1) is 13.0. The van der Waals surface area contributed by atoms with E-state index in [0.29, 0.717) is 5.56 Å². The van der Waals surface area contributed by atoms with Gasteiger partial charge in [-0.3, -0.25) is 0 Å². The van der Waals surface area contributed by atoms with Crippen LogP contribution in [0.1, 0.15) is 27.8 Å². The lowest BCUT2D eigenvalue weighted by Crippen LogP contribution is -2.29. The molecule has 0 fully saturated rings. The molecular weight excluding hydrogens is 382 g/mol. The van der Waals surface area contributed by atoms with Gasteiger partial charge in [0.15, 0.2) is 0 Å². The Hall–Kier alpha value is -2.80. The maximum atomic E-state index is 12.8. The summed E-state index contributed by atoms with van der Waals surface area (Å²) >= 11 is 0. The summed E-state index contributed by atoms with van der Waals surface area (Å²) in [5.41, 5.74) is -3.18. The number of benzene rings is 3. The highest BCUT2D eigenvalue weighted by Crippen LogP contribution is 2.39. The summed E-state index contributed by atoms with van der Waals surface area (Å²) in [5, 5.41) is 11.5. The first-order valence-corrected chi connectivity index (χ1v) is 8.16. The minimum atomic E-state index is -4.54. The minimum Gasteiger partial charge on any atom is -0.376 e. The van der Waals surface area contributed by atoms with Crippen molar-refractivity contribution >= 4 is 0 Å². The van der Waals surface area contributed by atoms with Crippen molar-refractivity contribution in [3.05, 3.63) is 107 Å². The molecule has 0 bridgehead atoms. The van der Waals surface area contributed by atoms with Crippen LogP contribution in [0.15, 0.2) is 78.9 Å². The summed E-state index contributed by atoms with van der Waals surface area (Å²) in [7, 11) is 0. The van der Waals surface area contributed by atoms with Crippen LogP contribution in [0, 0.1) is 0 Å². The van der Waals surface area contributed by atoms with Crippen LogP contribution < -0.4 is 0 Å². The summed E-state index contributed by atoms with van der Waals surface area (Å²) in [6.07, 6.45) is -9.09. The normalized spacial score (nSPS) is 12.8. The van der Waals surface area contributed by atoms with Crippen LogP contribution in [0.5, 0.6) is 0 Å². The van der Waals surface area contributed by atoms with E-state index in [1.54, 1.807) is 30.3 Å². The highest BCUT2D eigenvalue weighted by atomic mass is 19.4. The van der Waals surface area contributed by atoms with Gasteiger partial charge in [-0.05, 0) is 41.0 Å².